The summed E-state index contributed by atoms with van der Waals surface area (Å²) < 4.78 is 0. The van der Waals surface area contributed by atoms with Gasteiger partial charge in [-0.25, -0.2) is 0 Å². The minimum absolute atomic E-state index is 0. The summed E-state index contributed by atoms with van der Waals surface area (Å²) in [6.07, 6.45) is 0. The molecule has 0 aromatic rings. The molecule has 0 bridgehead atoms. The largest absolute Gasteiger partial charge is 6.00 e. The summed E-state index contributed by atoms with van der Waals surface area (Å²) in [4.78, 5) is 0. The fraction of sp³-hybridized carbons (Fsp3) is 0. The van der Waals surface area contributed by atoms with Gasteiger partial charge in [0.15, 0.2) is 0 Å². The van der Waals surface area contributed by atoms with Gasteiger partial charge in [0.1, 0.15) is 0 Å². The molecule has 0 saturated carbocycles. The summed E-state index contributed by atoms with van der Waals surface area (Å²) in [5.74, 6) is 0. The van der Waals surface area contributed by atoms with Gasteiger partial charge in [-0.15, -0.1) is 0 Å². The Hall–Kier alpha value is 1.44. The first-order valence-electron chi connectivity index (χ1n) is 0. The molecule has 0 aliphatic carbocycles. The fourth-order valence-corrected chi connectivity index (χ4v) is 0. The average Bonchev–Trinajstić information content (AvgIpc) is 0. The minimum Gasteiger partial charge on any atom is -2.00 e. The van der Waals surface area contributed by atoms with Crippen molar-refractivity contribution in [2.75, 3.05) is 0 Å². The zero-order chi connectivity index (χ0) is 0. The smallest absolute Gasteiger partial charge is 2.00 e. The van der Waals surface area contributed by atoms with Gasteiger partial charge >= 0.3 is 46.9 Å². The molecule has 5 heteroatoms. The van der Waals surface area contributed by atoms with Gasteiger partial charge in [-0.1, -0.05) is 0 Å². The van der Waals surface area contributed by atoms with E-state index in [9.17, 15) is 0 Å². The Morgan fingerprint density at radius 3 is 0.600 bits per heavy atom. The topological polar surface area (TPSA) is 85.5 Å². The van der Waals surface area contributed by atoms with Gasteiger partial charge in [-0.3, -0.25) is 0 Å². The van der Waals surface area contributed by atoms with E-state index in [-0.39, 0.29) is 63.3 Å². The molecular weight excluding hydrogens is 259 g/mol. The molecule has 0 fully saturated rings. The second kappa shape index (κ2) is 51.8. The van der Waals surface area contributed by atoms with Crippen molar-refractivity contribution in [2.24, 2.45) is 0 Å². The SMILES string of the molecule is [InH3].[Mo+6].[O-2].[O-2].[O-2]. The normalized spacial score (nSPS) is 0. The molecular formula is H3InMoO3. The molecule has 0 spiro atoms. The van der Waals surface area contributed by atoms with Crippen LogP contribution in [-0.2, 0) is 37.5 Å². The molecule has 0 heterocycles. The predicted octanol–water partition coefficient (Wildman–Crippen LogP) is -1.54. The molecule has 0 aliphatic rings. The molecule has 30 valence electrons. The first kappa shape index (κ1) is 92.0. The Labute approximate surface area is 63.1 Å². The van der Waals surface area contributed by atoms with Crippen molar-refractivity contribution in [3.8, 4) is 0 Å². The molecule has 0 aromatic heterocycles. The van der Waals surface area contributed by atoms with Crippen molar-refractivity contribution in [1.82, 2.24) is 0 Å². The van der Waals surface area contributed by atoms with E-state index in [1.54, 1.807) is 0 Å². The third-order valence-electron chi connectivity index (χ3n) is 0. The van der Waals surface area contributed by atoms with Crippen molar-refractivity contribution in [3.05, 3.63) is 0 Å². The molecule has 0 amide bonds. The van der Waals surface area contributed by atoms with Crippen LogP contribution in [-0.4, -0.2) is 25.8 Å². The van der Waals surface area contributed by atoms with E-state index < -0.39 is 0 Å². The Morgan fingerprint density at radius 2 is 0.600 bits per heavy atom. The zero-order valence-electron chi connectivity index (χ0n) is 1.63. The maximum Gasteiger partial charge on any atom is 6.00 e. The molecule has 0 atom stereocenters. The van der Waals surface area contributed by atoms with Crippen molar-refractivity contribution < 1.29 is 37.5 Å². The molecule has 0 radical (unpaired) electrons. The van der Waals surface area contributed by atoms with E-state index in [2.05, 4.69) is 0 Å². The summed E-state index contributed by atoms with van der Waals surface area (Å²) in [6.45, 7) is 0. The van der Waals surface area contributed by atoms with Crippen LogP contribution in [0.5, 0.6) is 0 Å². The van der Waals surface area contributed by atoms with Crippen LogP contribution < -0.4 is 0 Å². The Balaban J connectivity index is 0. The van der Waals surface area contributed by atoms with Gasteiger partial charge in [-0.05, 0) is 0 Å². The Bertz CT molecular complexity index is 6.85. The first-order valence-corrected chi connectivity index (χ1v) is 0. The van der Waals surface area contributed by atoms with Gasteiger partial charge < -0.3 is 16.4 Å². The van der Waals surface area contributed by atoms with E-state index in [0.29, 0.717) is 0 Å². The van der Waals surface area contributed by atoms with Crippen LogP contribution >= 0.6 is 0 Å². The van der Waals surface area contributed by atoms with Crippen molar-refractivity contribution in [2.45, 2.75) is 0 Å². The maximum atomic E-state index is 0. The third kappa shape index (κ3) is 31.1. The standard InChI is InChI=1S/In.Mo.3O.3H/q;+6;3*-2;;;. The van der Waals surface area contributed by atoms with Gasteiger partial charge in [0.05, 0.1) is 0 Å². The minimum atomic E-state index is 0. The number of rotatable bonds is 0. The first-order chi connectivity index (χ1) is 0. The van der Waals surface area contributed by atoms with Crippen LogP contribution in [0.25, 0.3) is 0 Å². The third-order valence-corrected chi connectivity index (χ3v) is 0. The Morgan fingerprint density at radius 1 is 0.600 bits per heavy atom. The van der Waals surface area contributed by atoms with E-state index in [4.69, 9.17) is 0 Å². The summed E-state index contributed by atoms with van der Waals surface area (Å²) in [6, 6.07) is 0. The van der Waals surface area contributed by atoms with Crippen LogP contribution in [0.3, 0.4) is 0 Å². The van der Waals surface area contributed by atoms with Crippen LogP contribution in [0.4, 0.5) is 0 Å². The van der Waals surface area contributed by atoms with Crippen LogP contribution in [0.2, 0.25) is 0 Å². The van der Waals surface area contributed by atoms with Crippen molar-refractivity contribution >= 4 is 25.8 Å². The fourth-order valence-electron chi connectivity index (χ4n) is 0. The molecule has 0 unspecified atom stereocenters. The zero-order valence-corrected chi connectivity index (χ0v) is 3.64. The summed E-state index contributed by atoms with van der Waals surface area (Å²) in [5.41, 5.74) is 0. The molecule has 3 nitrogen and oxygen atoms in total. The number of hydrogen-bond donors (Lipinski definition) is 0. The van der Waals surface area contributed by atoms with E-state index >= 15 is 0 Å². The summed E-state index contributed by atoms with van der Waals surface area (Å²) in [5, 5.41) is 0. The quantitative estimate of drug-likeness (QED) is 0.473. The summed E-state index contributed by atoms with van der Waals surface area (Å²) >= 11 is 0. The second-order valence-corrected chi connectivity index (χ2v) is 0. The van der Waals surface area contributed by atoms with Crippen LogP contribution in [0.15, 0.2) is 0 Å². The monoisotopic (exact) mass is 264 g/mol. The average molecular weight is 262 g/mol. The van der Waals surface area contributed by atoms with Gasteiger partial charge in [0.25, 0.3) is 0 Å². The van der Waals surface area contributed by atoms with E-state index in [0.717, 1.165) is 0 Å². The van der Waals surface area contributed by atoms with Crippen molar-refractivity contribution in [1.29, 1.82) is 0 Å². The Kier molecular flexibility index (Phi) is 953. The van der Waals surface area contributed by atoms with E-state index in [1.165, 1.54) is 0 Å². The molecule has 5 heavy (non-hydrogen) atoms. The summed E-state index contributed by atoms with van der Waals surface area (Å²) in [7, 11) is 0. The molecule has 0 aliphatic heterocycles. The van der Waals surface area contributed by atoms with Crippen LogP contribution in [0, 0.1) is 0 Å². The van der Waals surface area contributed by atoms with Crippen LogP contribution in [0.1, 0.15) is 0 Å². The molecule has 0 rings (SSSR count). The second-order valence-electron chi connectivity index (χ2n) is 0. The number of hydrogen-bond acceptors (Lipinski definition) is 0. The molecule has 0 aromatic carbocycles. The molecule has 0 N–H and O–H groups in total. The van der Waals surface area contributed by atoms with Gasteiger partial charge in [0, 0.05) is 0 Å². The van der Waals surface area contributed by atoms with E-state index in [1.807, 2.05) is 0 Å². The van der Waals surface area contributed by atoms with Gasteiger partial charge in [-0.2, -0.15) is 0 Å². The predicted molar refractivity (Wildman–Crippen MR) is 12.0 cm³/mol. The van der Waals surface area contributed by atoms with Crippen molar-refractivity contribution in [3.63, 3.8) is 0 Å². The maximum absolute atomic E-state index is 0. The molecule has 0 saturated heterocycles. The van der Waals surface area contributed by atoms with Gasteiger partial charge in [0.2, 0.25) is 0 Å².